The number of carbonyl (C=O) groups excluding carboxylic acids is 1. The summed E-state index contributed by atoms with van der Waals surface area (Å²) in [4.78, 5) is 31.4. The zero-order valence-corrected chi connectivity index (χ0v) is 16.2. The third-order valence-corrected chi connectivity index (χ3v) is 4.62. The fourth-order valence-electron chi connectivity index (χ4n) is 3.18. The molecule has 0 radical (unpaired) electrons. The molecule has 0 spiro atoms. The minimum absolute atomic E-state index is 0.0640. The zero-order chi connectivity index (χ0) is 20.3. The van der Waals surface area contributed by atoms with Crippen molar-refractivity contribution < 1.29 is 9.72 Å². The van der Waals surface area contributed by atoms with Crippen LogP contribution in [0.4, 0.5) is 11.4 Å². The van der Waals surface area contributed by atoms with Crippen LogP contribution in [0.25, 0.3) is 11.2 Å². The fourth-order valence-corrected chi connectivity index (χ4v) is 3.18. The molecule has 0 bridgehead atoms. The maximum absolute atomic E-state index is 11.4. The van der Waals surface area contributed by atoms with Gasteiger partial charge in [0.2, 0.25) is 5.91 Å². The van der Waals surface area contributed by atoms with E-state index in [9.17, 15) is 14.9 Å². The summed E-state index contributed by atoms with van der Waals surface area (Å²) in [6, 6.07) is 6.61. The van der Waals surface area contributed by atoms with Gasteiger partial charge in [-0.05, 0) is 18.9 Å². The van der Waals surface area contributed by atoms with Crippen molar-refractivity contribution in [3.8, 4) is 0 Å². The predicted molar refractivity (Wildman–Crippen MR) is 107 cm³/mol. The number of nitrogens with zero attached hydrogens (tertiary/aromatic N) is 4. The summed E-state index contributed by atoms with van der Waals surface area (Å²) < 4.78 is 2.01. The van der Waals surface area contributed by atoms with Gasteiger partial charge < -0.3 is 9.88 Å². The minimum atomic E-state index is -0.393. The zero-order valence-electron chi connectivity index (χ0n) is 16.2. The summed E-state index contributed by atoms with van der Waals surface area (Å²) in [6.07, 6.45) is 4.43. The fraction of sp³-hybridized carbons (Fsp3) is 0.350. The number of aromatic nitrogens is 3. The third kappa shape index (κ3) is 4.00. The number of imidazole rings is 1. The van der Waals surface area contributed by atoms with Crippen LogP contribution in [0.15, 0.2) is 30.5 Å². The molecule has 0 saturated carbocycles. The molecule has 0 aliphatic heterocycles. The second kappa shape index (κ2) is 8.16. The first-order chi connectivity index (χ1) is 13.4. The van der Waals surface area contributed by atoms with E-state index in [0.717, 1.165) is 41.7 Å². The number of fused-ring (bicyclic) bond motifs is 1. The molecule has 8 nitrogen and oxygen atoms in total. The Bertz CT molecular complexity index is 1040. The van der Waals surface area contributed by atoms with Gasteiger partial charge in [-0.25, -0.2) is 9.97 Å². The Labute approximate surface area is 162 Å². The topological polar surface area (TPSA) is 103 Å². The molecule has 3 rings (SSSR count). The smallest absolute Gasteiger partial charge is 0.269 e. The lowest BCUT2D eigenvalue weighted by Gasteiger charge is -2.10. The van der Waals surface area contributed by atoms with Crippen LogP contribution in [0.5, 0.6) is 0 Å². The van der Waals surface area contributed by atoms with Crippen LogP contribution in [0.3, 0.4) is 0 Å². The van der Waals surface area contributed by atoms with Crippen molar-refractivity contribution in [1.29, 1.82) is 0 Å². The Kier molecular flexibility index (Phi) is 5.67. The quantitative estimate of drug-likeness (QED) is 0.492. The molecule has 1 amide bonds. The molecule has 3 aromatic rings. The van der Waals surface area contributed by atoms with Crippen LogP contribution in [0.1, 0.15) is 43.6 Å². The largest absolute Gasteiger partial charge is 0.325 e. The number of aryl methyl sites for hydroxylation is 2. The van der Waals surface area contributed by atoms with E-state index in [1.54, 1.807) is 18.3 Å². The highest BCUT2D eigenvalue weighted by molar-refractivity contribution is 5.92. The number of rotatable bonds is 7. The van der Waals surface area contributed by atoms with E-state index in [1.165, 1.54) is 13.0 Å². The van der Waals surface area contributed by atoms with Crippen LogP contribution in [0.2, 0.25) is 0 Å². The molecule has 2 aromatic heterocycles. The molecule has 28 heavy (non-hydrogen) atoms. The maximum Gasteiger partial charge on any atom is 0.269 e. The number of nitrogens with one attached hydrogen (secondary N) is 1. The van der Waals surface area contributed by atoms with Gasteiger partial charge in [-0.1, -0.05) is 25.5 Å². The molecular weight excluding hydrogens is 358 g/mol. The van der Waals surface area contributed by atoms with Crippen LogP contribution in [-0.4, -0.2) is 25.4 Å². The number of nitro benzene ring substituents is 1. The molecule has 8 heteroatoms. The summed E-state index contributed by atoms with van der Waals surface area (Å²) in [5.41, 5.74) is 3.83. The summed E-state index contributed by atoms with van der Waals surface area (Å²) in [7, 11) is 0. The summed E-state index contributed by atoms with van der Waals surface area (Å²) in [5.74, 6) is 0.727. The van der Waals surface area contributed by atoms with E-state index in [4.69, 9.17) is 4.98 Å². The first-order valence-electron chi connectivity index (χ1n) is 9.26. The number of benzene rings is 1. The molecule has 0 aliphatic carbocycles. The first kappa shape index (κ1) is 19.5. The standard InChI is InChI=1S/C20H23N5O3/c1-4-5-9-18-23-19-13(2)17(22-14(3)26)11-21-20(19)24(18)12-15-7-6-8-16(10-15)25(27)28/h6-8,10-11H,4-5,9,12H2,1-3H3,(H,22,26). The molecule has 1 aromatic carbocycles. The van der Waals surface area contributed by atoms with Gasteiger partial charge in [0.25, 0.3) is 5.69 Å². The van der Waals surface area contributed by atoms with Gasteiger partial charge in [0.15, 0.2) is 5.65 Å². The summed E-state index contributed by atoms with van der Waals surface area (Å²) >= 11 is 0. The van der Waals surface area contributed by atoms with E-state index in [0.29, 0.717) is 17.9 Å². The SMILES string of the molecule is CCCCc1nc2c(C)c(NC(C)=O)cnc2n1Cc1cccc([N+](=O)[O-])c1. The number of anilines is 1. The Hall–Kier alpha value is -3.29. The summed E-state index contributed by atoms with van der Waals surface area (Å²) in [6.45, 7) is 5.93. The van der Waals surface area contributed by atoms with Crippen LogP contribution >= 0.6 is 0 Å². The monoisotopic (exact) mass is 381 g/mol. The molecule has 0 atom stereocenters. The normalized spacial score (nSPS) is 11.0. The van der Waals surface area contributed by atoms with Gasteiger partial charge in [0.1, 0.15) is 11.3 Å². The number of non-ortho nitro benzene ring substituents is 1. The Balaban J connectivity index is 2.08. The Morgan fingerprint density at radius 3 is 2.82 bits per heavy atom. The van der Waals surface area contributed by atoms with E-state index in [1.807, 2.05) is 17.6 Å². The second-order valence-electron chi connectivity index (χ2n) is 6.80. The van der Waals surface area contributed by atoms with Crippen LogP contribution in [-0.2, 0) is 17.8 Å². The number of hydrogen-bond donors (Lipinski definition) is 1. The number of carbonyl (C=O) groups is 1. The number of hydrogen-bond acceptors (Lipinski definition) is 5. The van der Waals surface area contributed by atoms with Crippen LogP contribution < -0.4 is 5.32 Å². The number of amides is 1. The van der Waals surface area contributed by atoms with Gasteiger partial charge in [-0.15, -0.1) is 0 Å². The molecule has 0 unspecified atom stereocenters. The van der Waals surface area contributed by atoms with Gasteiger partial charge in [0, 0.05) is 31.0 Å². The van der Waals surface area contributed by atoms with Gasteiger partial charge in [0.05, 0.1) is 23.4 Å². The van der Waals surface area contributed by atoms with E-state index in [-0.39, 0.29) is 11.6 Å². The molecule has 146 valence electrons. The van der Waals surface area contributed by atoms with Crippen molar-refractivity contribution in [2.24, 2.45) is 0 Å². The lowest BCUT2D eigenvalue weighted by Crippen LogP contribution is -2.09. The van der Waals surface area contributed by atoms with Gasteiger partial charge in [-0.2, -0.15) is 0 Å². The van der Waals surface area contributed by atoms with E-state index in [2.05, 4.69) is 17.2 Å². The molecule has 1 N–H and O–H groups in total. The first-order valence-corrected chi connectivity index (χ1v) is 9.26. The Morgan fingerprint density at radius 2 is 2.14 bits per heavy atom. The van der Waals surface area contributed by atoms with Crippen molar-refractivity contribution in [3.05, 3.63) is 57.5 Å². The summed E-state index contributed by atoms with van der Waals surface area (Å²) in [5, 5.41) is 13.9. The molecule has 2 heterocycles. The van der Waals surface area contributed by atoms with Gasteiger partial charge >= 0.3 is 0 Å². The van der Waals surface area contributed by atoms with Crippen molar-refractivity contribution >= 4 is 28.4 Å². The number of pyridine rings is 1. The highest BCUT2D eigenvalue weighted by Crippen LogP contribution is 2.26. The third-order valence-electron chi connectivity index (χ3n) is 4.62. The molecular formula is C20H23N5O3. The van der Waals surface area contributed by atoms with E-state index < -0.39 is 4.92 Å². The molecule has 0 saturated heterocycles. The average molecular weight is 381 g/mol. The second-order valence-corrected chi connectivity index (χ2v) is 6.80. The maximum atomic E-state index is 11.4. The van der Waals surface area contributed by atoms with Crippen molar-refractivity contribution in [2.45, 2.75) is 46.6 Å². The van der Waals surface area contributed by atoms with Crippen molar-refractivity contribution in [3.63, 3.8) is 0 Å². The van der Waals surface area contributed by atoms with Crippen molar-refractivity contribution in [2.75, 3.05) is 5.32 Å². The number of nitro groups is 1. The predicted octanol–water partition coefficient (Wildman–Crippen LogP) is 4.00. The highest BCUT2D eigenvalue weighted by atomic mass is 16.6. The average Bonchev–Trinajstić information content (AvgIpc) is 3.00. The lowest BCUT2D eigenvalue weighted by atomic mass is 10.2. The minimum Gasteiger partial charge on any atom is -0.325 e. The van der Waals surface area contributed by atoms with Crippen molar-refractivity contribution in [1.82, 2.24) is 14.5 Å². The lowest BCUT2D eigenvalue weighted by molar-refractivity contribution is -0.384. The van der Waals surface area contributed by atoms with Gasteiger partial charge in [-0.3, -0.25) is 14.9 Å². The molecule has 0 fully saturated rings. The Morgan fingerprint density at radius 1 is 1.36 bits per heavy atom. The van der Waals surface area contributed by atoms with Crippen LogP contribution in [0, 0.1) is 17.0 Å². The number of unbranched alkanes of at least 4 members (excludes halogenated alkanes) is 1. The molecule has 0 aliphatic rings. The van der Waals surface area contributed by atoms with E-state index >= 15 is 0 Å². The highest BCUT2D eigenvalue weighted by Gasteiger charge is 2.17.